The number of ether oxygens (including phenoxy) is 3. The quantitative estimate of drug-likeness (QED) is 0.436. The highest BCUT2D eigenvalue weighted by Crippen LogP contribution is 2.31. The molecular formula is C25H22N2O5. The molecule has 2 aromatic carbocycles. The minimum absolute atomic E-state index is 0.192. The molecule has 0 radical (unpaired) electrons. The van der Waals surface area contributed by atoms with Gasteiger partial charge in [0, 0.05) is 17.0 Å². The molecule has 0 amide bonds. The standard InChI is InChI=1S/C25H22N2O5/c1-16-10-21(22(28)15-31-25(29)19-7-5-6-18(11-19)12-26)17(2)27(16)13-20-14-30-23-8-3-4-9-24(23)32-20/h3-11,20H,13-15H2,1-2H3/t20-/m0/s1. The van der Waals surface area contributed by atoms with E-state index in [4.69, 9.17) is 19.5 Å². The molecule has 1 aliphatic heterocycles. The average Bonchev–Trinajstić information content (AvgIpc) is 3.10. The number of fused-ring (bicyclic) bond motifs is 1. The van der Waals surface area contributed by atoms with Crippen LogP contribution in [-0.4, -0.2) is 35.6 Å². The van der Waals surface area contributed by atoms with Gasteiger partial charge in [-0.15, -0.1) is 0 Å². The SMILES string of the molecule is Cc1cc(C(=O)COC(=O)c2cccc(C#N)c2)c(C)n1C[C@H]1COc2ccccc2O1. The molecule has 3 aromatic rings. The highest BCUT2D eigenvalue weighted by molar-refractivity contribution is 6.00. The van der Waals surface area contributed by atoms with Gasteiger partial charge < -0.3 is 18.8 Å². The van der Waals surface area contributed by atoms with Crippen LogP contribution >= 0.6 is 0 Å². The van der Waals surface area contributed by atoms with Crippen LogP contribution in [0.1, 0.15) is 37.7 Å². The normalized spacial score (nSPS) is 14.5. The molecule has 0 aliphatic carbocycles. The summed E-state index contributed by atoms with van der Waals surface area (Å²) in [5.74, 6) is 0.494. The summed E-state index contributed by atoms with van der Waals surface area (Å²) < 4.78 is 19.0. The van der Waals surface area contributed by atoms with Gasteiger partial charge in [-0.05, 0) is 50.2 Å². The van der Waals surface area contributed by atoms with Gasteiger partial charge in [-0.25, -0.2) is 4.79 Å². The zero-order valence-electron chi connectivity index (χ0n) is 17.8. The number of aryl methyl sites for hydroxylation is 1. The number of aromatic nitrogens is 1. The Morgan fingerprint density at radius 1 is 1.12 bits per heavy atom. The smallest absolute Gasteiger partial charge is 0.338 e. The Hall–Kier alpha value is -4.05. The van der Waals surface area contributed by atoms with Crippen molar-refractivity contribution in [2.24, 2.45) is 0 Å². The lowest BCUT2D eigenvalue weighted by Gasteiger charge is -2.27. The maximum Gasteiger partial charge on any atom is 0.338 e. The molecule has 7 heteroatoms. The van der Waals surface area contributed by atoms with Crippen LogP contribution in [0, 0.1) is 25.2 Å². The number of esters is 1. The van der Waals surface area contributed by atoms with E-state index in [2.05, 4.69) is 0 Å². The van der Waals surface area contributed by atoms with E-state index in [1.54, 1.807) is 24.3 Å². The van der Waals surface area contributed by atoms with E-state index in [0.29, 0.717) is 30.0 Å². The van der Waals surface area contributed by atoms with E-state index in [-0.39, 0.29) is 24.1 Å². The van der Waals surface area contributed by atoms with E-state index in [1.807, 2.05) is 48.7 Å². The summed E-state index contributed by atoms with van der Waals surface area (Å²) in [6.45, 7) is 4.34. The zero-order valence-corrected chi connectivity index (χ0v) is 17.8. The lowest BCUT2D eigenvalue weighted by molar-refractivity contribution is 0.0474. The first-order valence-electron chi connectivity index (χ1n) is 10.2. The largest absolute Gasteiger partial charge is 0.486 e. The van der Waals surface area contributed by atoms with Gasteiger partial charge in [0.25, 0.3) is 0 Å². The van der Waals surface area contributed by atoms with Crippen molar-refractivity contribution < 1.29 is 23.8 Å². The molecule has 0 fully saturated rings. The van der Waals surface area contributed by atoms with Crippen LogP contribution in [0.15, 0.2) is 54.6 Å². The number of Topliss-reactive ketones (excluding diaryl/α,β-unsaturated/α-hetero) is 1. The zero-order chi connectivity index (χ0) is 22.7. The second-order valence-electron chi connectivity index (χ2n) is 7.58. The van der Waals surface area contributed by atoms with E-state index in [9.17, 15) is 9.59 Å². The van der Waals surface area contributed by atoms with Crippen molar-refractivity contribution in [1.29, 1.82) is 5.26 Å². The number of rotatable bonds is 6. The van der Waals surface area contributed by atoms with Gasteiger partial charge in [-0.2, -0.15) is 5.26 Å². The van der Waals surface area contributed by atoms with Crippen LogP contribution in [0.25, 0.3) is 0 Å². The van der Waals surface area contributed by atoms with Gasteiger partial charge in [0.05, 0.1) is 23.7 Å². The summed E-state index contributed by atoms with van der Waals surface area (Å²) in [7, 11) is 0. The fourth-order valence-electron chi connectivity index (χ4n) is 3.73. The summed E-state index contributed by atoms with van der Waals surface area (Å²) >= 11 is 0. The molecule has 32 heavy (non-hydrogen) atoms. The van der Waals surface area contributed by atoms with E-state index in [0.717, 1.165) is 17.1 Å². The Morgan fingerprint density at radius 2 is 1.91 bits per heavy atom. The van der Waals surface area contributed by atoms with Crippen molar-refractivity contribution in [3.8, 4) is 17.6 Å². The number of nitrogens with zero attached hydrogens (tertiary/aromatic N) is 2. The number of carbonyl (C=O) groups excluding carboxylic acids is 2. The number of nitriles is 1. The topological polar surface area (TPSA) is 90.6 Å². The Bertz CT molecular complexity index is 1220. The van der Waals surface area contributed by atoms with Crippen molar-refractivity contribution >= 4 is 11.8 Å². The highest BCUT2D eigenvalue weighted by atomic mass is 16.6. The summed E-state index contributed by atoms with van der Waals surface area (Å²) in [5.41, 5.74) is 2.76. The van der Waals surface area contributed by atoms with Crippen LogP contribution in [0.4, 0.5) is 0 Å². The first-order valence-corrected chi connectivity index (χ1v) is 10.2. The number of carbonyl (C=O) groups is 2. The second kappa shape index (κ2) is 8.98. The fourth-order valence-corrected chi connectivity index (χ4v) is 3.73. The molecule has 0 spiro atoms. The van der Waals surface area contributed by atoms with Gasteiger partial charge in [-0.3, -0.25) is 4.79 Å². The molecular weight excluding hydrogens is 408 g/mol. The predicted molar refractivity (Wildman–Crippen MR) is 116 cm³/mol. The van der Waals surface area contributed by atoms with Crippen molar-refractivity contribution in [3.05, 3.63) is 82.7 Å². The van der Waals surface area contributed by atoms with Gasteiger partial charge >= 0.3 is 5.97 Å². The van der Waals surface area contributed by atoms with Crippen LogP contribution in [0.5, 0.6) is 11.5 Å². The van der Waals surface area contributed by atoms with Crippen molar-refractivity contribution in [2.75, 3.05) is 13.2 Å². The number of benzene rings is 2. The van der Waals surface area contributed by atoms with Crippen LogP contribution in [0.2, 0.25) is 0 Å². The third kappa shape index (κ3) is 4.35. The maximum absolute atomic E-state index is 12.7. The van der Waals surface area contributed by atoms with Gasteiger partial charge in [0.15, 0.2) is 24.2 Å². The fraction of sp³-hybridized carbons (Fsp3) is 0.240. The first kappa shape index (κ1) is 21.2. The summed E-state index contributed by atoms with van der Waals surface area (Å²) in [4.78, 5) is 25.0. The summed E-state index contributed by atoms with van der Waals surface area (Å²) in [6.07, 6.45) is -0.192. The maximum atomic E-state index is 12.7. The molecule has 0 saturated carbocycles. The molecule has 0 saturated heterocycles. The van der Waals surface area contributed by atoms with Crippen molar-refractivity contribution in [3.63, 3.8) is 0 Å². The van der Waals surface area contributed by atoms with E-state index in [1.165, 1.54) is 6.07 Å². The molecule has 0 unspecified atom stereocenters. The molecule has 0 bridgehead atoms. The van der Waals surface area contributed by atoms with Crippen molar-refractivity contribution in [2.45, 2.75) is 26.5 Å². The summed E-state index contributed by atoms with van der Waals surface area (Å²) in [5, 5.41) is 8.96. The molecule has 0 N–H and O–H groups in total. The Morgan fingerprint density at radius 3 is 2.69 bits per heavy atom. The number of hydrogen-bond acceptors (Lipinski definition) is 6. The number of ketones is 1. The number of hydrogen-bond donors (Lipinski definition) is 0. The molecule has 1 atom stereocenters. The van der Waals surface area contributed by atoms with E-state index >= 15 is 0 Å². The molecule has 1 aliphatic rings. The molecule has 162 valence electrons. The average molecular weight is 430 g/mol. The Kier molecular flexibility index (Phi) is 5.95. The summed E-state index contributed by atoms with van der Waals surface area (Å²) in [6, 6.07) is 17.5. The lowest BCUT2D eigenvalue weighted by atomic mass is 10.1. The van der Waals surface area contributed by atoms with Crippen LogP contribution < -0.4 is 9.47 Å². The van der Waals surface area contributed by atoms with Crippen LogP contribution in [0.3, 0.4) is 0 Å². The van der Waals surface area contributed by atoms with Gasteiger partial charge in [-0.1, -0.05) is 18.2 Å². The highest BCUT2D eigenvalue weighted by Gasteiger charge is 2.24. The minimum Gasteiger partial charge on any atom is -0.486 e. The first-order chi connectivity index (χ1) is 15.5. The lowest BCUT2D eigenvalue weighted by Crippen LogP contribution is -2.33. The Labute approximate surface area is 185 Å². The predicted octanol–water partition coefficient (Wildman–Crippen LogP) is 3.86. The molecule has 2 heterocycles. The Balaban J connectivity index is 1.41. The second-order valence-corrected chi connectivity index (χ2v) is 7.58. The van der Waals surface area contributed by atoms with Gasteiger partial charge in [0.1, 0.15) is 6.61 Å². The molecule has 1 aromatic heterocycles. The van der Waals surface area contributed by atoms with Gasteiger partial charge in [0.2, 0.25) is 5.78 Å². The van der Waals surface area contributed by atoms with E-state index < -0.39 is 5.97 Å². The monoisotopic (exact) mass is 430 g/mol. The third-order valence-corrected chi connectivity index (χ3v) is 5.39. The number of para-hydroxylation sites is 2. The molecule has 7 nitrogen and oxygen atoms in total. The minimum atomic E-state index is -0.643. The van der Waals surface area contributed by atoms with Crippen LogP contribution in [-0.2, 0) is 11.3 Å². The molecule has 4 rings (SSSR count). The third-order valence-electron chi connectivity index (χ3n) is 5.39. The van der Waals surface area contributed by atoms with Crippen molar-refractivity contribution in [1.82, 2.24) is 4.57 Å².